The average molecular weight is 199 g/mol. The largest absolute Gasteiger partial charge is 0.394 e. The first-order valence-electron chi connectivity index (χ1n) is 5.76. The summed E-state index contributed by atoms with van der Waals surface area (Å²) in [5, 5.41) is 9.08. The molecule has 0 aromatic rings. The molecule has 1 aliphatic carbocycles. The fraction of sp³-hybridized carbons (Fsp3) is 1.00. The lowest BCUT2D eigenvalue weighted by Crippen LogP contribution is -2.49. The van der Waals surface area contributed by atoms with Crippen molar-refractivity contribution in [2.45, 2.75) is 38.4 Å². The Bertz CT molecular complexity index is 180. The Kier molecular flexibility index (Phi) is 3.42. The summed E-state index contributed by atoms with van der Waals surface area (Å²) < 4.78 is 5.61. The van der Waals surface area contributed by atoms with Gasteiger partial charge >= 0.3 is 0 Å². The third kappa shape index (κ3) is 2.47. The maximum atomic E-state index is 9.08. The van der Waals surface area contributed by atoms with Gasteiger partial charge in [0.25, 0.3) is 0 Å². The number of aliphatic hydroxyl groups excluding tert-OH is 1. The van der Waals surface area contributed by atoms with Gasteiger partial charge in [-0.25, -0.2) is 0 Å². The van der Waals surface area contributed by atoms with Gasteiger partial charge in [0.2, 0.25) is 0 Å². The van der Waals surface area contributed by atoms with E-state index >= 15 is 0 Å². The standard InChI is InChI=1S/C11H21NO2/c1-9-5-12(6-10-3-2-4-10)7-11(8-13)14-9/h9-11,13H,2-8H2,1H3. The molecule has 2 unspecified atom stereocenters. The van der Waals surface area contributed by atoms with Gasteiger partial charge in [-0.2, -0.15) is 0 Å². The fourth-order valence-electron chi connectivity index (χ4n) is 2.43. The van der Waals surface area contributed by atoms with Crippen LogP contribution in [-0.4, -0.2) is 48.5 Å². The SMILES string of the molecule is CC1CN(CC2CCC2)CC(CO)O1. The fourth-order valence-corrected chi connectivity index (χ4v) is 2.43. The first-order valence-corrected chi connectivity index (χ1v) is 5.76. The van der Waals surface area contributed by atoms with Gasteiger partial charge in [0.1, 0.15) is 0 Å². The Morgan fingerprint density at radius 2 is 2.14 bits per heavy atom. The smallest absolute Gasteiger partial charge is 0.0936 e. The van der Waals surface area contributed by atoms with E-state index in [0.717, 1.165) is 19.0 Å². The summed E-state index contributed by atoms with van der Waals surface area (Å²) in [4.78, 5) is 2.46. The van der Waals surface area contributed by atoms with E-state index in [0.29, 0.717) is 0 Å². The highest BCUT2D eigenvalue weighted by atomic mass is 16.5. The lowest BCUT2D eigenvalue weighted by molar-refractivity contribution is -0.0996. The van der Waals surface area contributed by atoms with Crippen LogP contribution in [0.1, 0.15) is 26.2 Å². The topological polar surface area (TPSA) is 32.7 Å². The predicted octanol–water partition coefficient (Wildman–Crippen LogP) is 0.868. The molecular formula is C11H21NO2. The highest BCUT2D eigenvalue weighted by Gasteiger charge is 2.28. The predicted molar refractivity (Wildman–Crippen MR) is 55.2 cm³/mol. The van der Waals surface area contributed by atoms with Crippen molar-refractivity contribution in [3.8, 4) is 0 Å². The van der Waals surface area contributed by atoms with Crippen LogP contribution in [0.2, 0.25) is 0 Å². The summed E-state index contributed by atoms with van der Waals surface area (Å²) in [6, 6.07) is 0. The molecule has 0 bridgehead atoms. The number of nitrogens with zero attached hydrogens (tertiary/aromatic N) is 1. The summed E-state index contributed by atoms with van der Waals surface area (Å²) in [7, 11) is 0. The van der Waals surface area contributed by atoms with Crippen LogP contribution in [0.5, 0.6) is 0 Å². The van der Waals surface area contributed by atoms with Gasteiger partial charge in [-0.15, -0.1) is 0 Å². The van der Waals surface area contributed by atoms with E-state index in [-0.39, 0.29) is 18.8 Å². The van der Waals surface area contributed by atoms with Gasteiger partial charge in [0, 0.05) is 19.6 Å². The number of hydrogen-bond acceptors (Lipinski definition) is 3. The molecule has 1 saturated carbocycles. The Morgan fingerprint density at radius 1 is 1.36 bits per heavy atom. The second-order valence-corrected chi connectivity index (χ2v) is 4.77. The van der Waals surface area contributed by atoms with Crippen molar-refractivity contribution >= 4 is 0 Å². The lowest BCUT2D eigenvalue weighted by Gasteiger charge is -2.39. The number of hydrogen-bond donors (Lipinski definition) is 1. The van der Waals surface area contributed by atoms with Crippen LogP contribution in [0.3, 0.4) is 0 Å². The molecule has 1 heterocycles. The molecule has 14 heavy (non-hydrogen) atoms. The molecule has 1 saturated heterocycles. The molecule has 0 amide bonds. The van der Waals surface area contributed by atoms with Crippen molar-refractivity contribution in [3.63, 3.8) is 0 Å². The monoisotopic (exact) mass is 199 g/mol. The van der Waals surface area contributed by atoms with Gasteiger partial charge in [-0.1, -0.05) is 6.42 Å². The molecule has 1 N–H and O–H groups in total. The first kappa shape index (κ1) is 10.4. The van der Waals surface area contributed by atoms with E-state index in [1.54, 1.807) is 0 Å². The molecule has 0 aromatic heterocycles. The van der Waals surface area contributed by atoms with E-state index in [9.17, 15) is 0 Å². The minimum absolute atomic E-state index is 0.0406. The van der Waals surface area contributed by atoms with Crippen molar-refractivity contribution in [1.29, 1.82) is 0 Å². The van der Waals surface area contributed by atoms with Crippen molar-refractivity contribution in [2.24, 2.45) is 5.92 Å². The van der Waals surface area contributed by atoms with E-state index in [1.807, 2.05) is 0 Å². The maximum Gasteiger partial charge on any atom is 0.0936 e. The molecular weight excluding hydrogens is 178 g/mol. The summed E-state index contributed by atoms with van der Waals surface area (Å²) in [6.07, 6.45) is 4.53. The van der Waals surface area contributed by atoms with Crippen LogP contribution in [0.15, 0.2) is 0 Å². The molecule has 2 aliphatic rings. The Morgan fingerprint density at radius 3 is 2.71 bits per heavy atom. The number of aliphatic hydroxyl groups is 1. The van der Waals surface area contributed by atoms with Gasteiger partial charge in [0.15, 0.2) is 0 Å². The number of ether oxygens (including phenoxy) is 1. The first-order chi connectivity index (χ1) is 6.78. The molecule has 0 radical (unpaired) electrons. The third-order valence-electron chi connectivity index (χ3n) is 3.35. The van der Waals surface area contributed by atoms with Gasteiger partial charge in [-0.3, -0.25) is 4.90 Å². The van der Waals surface area contributed by atoms with Gasteiger partial charge in [0.05, 0.1) is 18.8 Å². The van der Waals surface area contributed by atoms with Crippen molar-refractivity contribution in [2.75, 3.05) is 26.2 Å². The highest BCUT2D eigenvalue weighted by molar-refractivity contribution is 4.80. The molecule has 3 heteroatoms. The molecule has 2 atom stereocenters. The number of rotatable bonds is 3. The quantitative estimate of drug-likeness (QED) is 0.732. The summed E-state index contributed by atoms with van der Waals surface area (Å²) in [6.45, 7) is 5.41. The Hall–Kier alpha value is -0.120. The van der Waals surface area contributed by atoms with Crippen molar-refractivity contribution < 1.29 is 9.84 Å². The van der Waals surface area contributed by atoms with Crippen LogP contribution < -0.4 is 0 Å². The second-order valence-electron chi connectivity index (χ2n) is 4.77. The van der Waals surface area contributed by atoms with Crippen LogP contribution >= 0.6 is 0 Å². The zero-order valence-electron chi connectivity index (χ0n) is 8.98. The molecule has 2 rings (SSSR count). The van der Waals surface area contributed by atoms with E-state index in [4.69, 9.17) is 9.84 Å². The Labute approximate surface area is 86.0 Å². The van der Waals surface area contributed by atoms with Crippen LogP contribution in [0, 0.1) is 5.92 Å². The van der Waals surface area contributed by atoms with E-state index in [2.05, 4.69) is 11.8 Å². The van der Waals surface area contributed by atoms with Crippen LogP contribution in [0.25, 0.3) is 0 Å². The van der Waals surface area contributed by atoms with Crippen molar-refractivity contribution in [1.82, 2.24) is 4.90 Å². The molecule has 0 spiro atoms. The zero-order chi connectivity index (χ0) is 9.97. The minimum atomic E-state index is 0.0406. The Balaban J connectivity index is 1.78. The van der Waals surface area contributed by atoms with E-state index in [1.165, 1.54) is 25.8 Å². The normalized spacial score (nSPS) is 35.6. The van der Waals surface area contributed by atoms with Gasteiger partial charge < -0.3 is 9.84 Å². The zero-order valence-corrected chi connectivity index (χ0v) is 8.98. The highest BCUT2D eigenvalue weighted by Crippen LogP contribution is 2.28. The molecule has 82 valence electrons. The number of morpholine rings is 1. The van der Waals surface area contributed by atoms with E-state index < -0.39 is 0 Å². The molecule has 3 nitrogen and oxygen atoms in total. The lowest BCUT2D eigenvalue weighted by atomic mass is 9.85. The maximum absolute atomic E-state index is 9.08. The average Bonchev–Trinajstić information content (AvgIpc) is 2.10. The van der Waals surface area contributed by atoms with Crippen LogP contribution in [-0.2, 0) is 4.74 Å². The van der Waals surface area contributed by atoms with Crippen molar-refractivity contribution in [3.05, 3.63) is 0 Å². The van der Waals surface area contributed by atoms with Gasteiger partial charge in [-0.05, 0) is 25.7 Å². The third-order valence-corrected chi connectivity index (χ3v) is 3.35. The molecule has 0 aromatic carbocycles. The summed E-state index contributed by atoms with van der Waals surface area (Å²) in [5.41, 5.74) is 0. The summed E-state index contributed by atoms with van der Waals surface area (Å²) in [5.74, 6) is 0.916. The van der Waals surface area contributed by atoms with Crippen LogP contribution in [0.4, 0.5) is 0 Å². The second kappa shape index (κ2) is 4.60. The molecule has 1 aliphatic heterocycles. The molecule has 2 fully saturated rings. The minimum Gasteiger partial charge on any atom is -0.394 e. The summed E-state index contributed by atoms with van der Waals surface area (Å²) >= 11 is 0.